The third-order valence-corrected chi connectivity index (χ3v) is 6.77. The van der Waals surface area contributed by atoms with E-state index in [2.05, 4.69) is 5.32 Å². The van der Waals surface area contributed by atoms with Gasteiger partial charge in [-0.2, -0.15) is 0 Å². The summed E-state index contributed by atoms with van der Waals surface area (Å²) in [7, 11) is -3.85. The Balaban J connectivity index is 1.66. The normalized spacial score (nSPS) is 11.5. The van der Waals surface area contributed by atoms with E-state index in [1.54, 1.807) is 48.7 Å². The van der Waals surface area contributed by atoms with Crippen molar-refractivity contribution in [3.05, 3.63) is 95.6 Å². The van der Waals surface area contributed by atoms with Crippen LogP contribution in [0.15, 0.2) is 90.0 Å². The van der Waals surface area contributed by atoms with Crippen LogP contribution in [0.4, 0.5) is 5.69 Å². The number of amides is 1. The number of halogens is 1. The van der Waals surface area contributed by atoms with Gasteiger partial charge in [0.05, 0.1) is 4.90 Å². The van der Waals surface area contributed by atoms with Gasteiger partial charge in [-0.1, -0.05) is 66.2 Å². The Morgan fingerprint density at radius 3 is 2.33 bits per heavy atom. The zero-order valence-electron chi connectivity index (χ0n) is 16.0. The van der Waals surface area contributed by atoms with Crippen molar-refractivity contribution >= 4 is 43.9 Å². The Morgan fingerprint density at radius 2 is 1.57 bits per heavy atom. The molecule has 0 radical (unpaired) electrons. The lowest BCUT2D eigenvalue weighted by molar-refractivity contribution is -0.113. The standard InChI is InChI=1S/C23H19ClN2O3S/c24-20-12-6-4-8-17(20)14-26-15-22(19-11-5-7-13-21(19)26)30(28,29)16-23(27)25-18-9-2-1-3-10-18/h1-13,15H,14,16H2,(H,25,27). The van der Waals surface area contributed by atoms with Crippen molar-refractivity contribution in [2.45, 2.75) is 11.4 Å². The summed E-state index contributed by atoms with van der Waals surface area (Å²) in [5.41, 5.74) is 2.20. The fourth-order valence-corrected chi connectivity index (χ4v) is 4.93. The maximum atomic E-state index is 13.1. The number of nitrogens with zero attached hydrogens (tertiary/aromatic N) is 1. The lowest BCUT2D eigenvalue weighted by Gasteiger charge is -2.07. The van der Waals surface area contributed by atoms with Crippen molar-refractivity contribution in [3.63, 3.8) is 0 Å². The summed E-state index contributed by atoms with van der Waals surface area (Å²) in [6.07, 6.45) is 1.58. The van der Waals surface area contributed by atoms with Crippen LogP contribution in [0.5, 0.6) is 0 Å². The molecule has 1 heterocycles. The van der Waals surface area contributed by atoms with Gasteiger partial charge in [0.15, 0.2) is 9.84 Å². The van der Waals surface area contributed by atoms with Crippen molar-refractivity contribution in [1.29, 1.82) is 0 Å². The van der Waals surface area contributed by atoms with Gasteiger partial charge in [-0.3, -0.25) is 4.79 Å². The number of hydrogen-bond donors (Lipinski definition) is 1. The SMILES string of the molecule is O=C(CS(=O)(=O)c1cn(Cc2ccccc2Cl)c2ccccc12)Nc1ccccc1. The van der Waals surface area contributed by atoms with Crippen LogP contribution in [0.3, 0.4) is 0 Å². The van der Waals surface area contributed by atoms with Crippen LogP contribution in [0.25, 0.3) is 10.9 Å². The van der Waals surface area contributed by atoms with Gasteiger partial charge in [0, 0.05) is 34.4 Å². The van der Waals surface area contributed by atoms with E-state index in [0.717, 1.165) is 11.1 Å². The second-order valence-electron chi connectivity index (χ2n) is 6.90. The predicted octanol–water partition coefficient (Wildman–Crippen LogP) is 4.76. The second kappa shape index (κ2) is 8.34. The second-order valence-corrected chi connectivity index (χ2v) is 9.27. The summed E-state index contributed by atoms with van der Waals surface area (Å²) in [6.45, 7) is 0.423. The largest absolute Gasteiger partial charge is 0.342 e. The average molecular weight is 439 g/mol. The summed E-state index contributed by atoms with van der Waals surface area (Å²) < 4.78 is 28.0. The van der Waals surface area contributed by atoms with Crippen LogP contribution in [0, 0.1) is 0 Å². The number of carbonyl (C=O) groups is 1. The van der Waals surface area contributed by atoms with Crippen LogP contribution >= 0.6 is 11.6 Å². The van der Waals surface area contributed by atoms with Crippen molar-refractivity contribution in [2.24, 2.45) is 0 Å². The molecule has 0 saturated carbocycles. The molecule has 5 nitrogen and oxygen atoms in total. The number of aromatic nitrogens is 1. The smallest absolute Gasteiger partial charge is 0.239 e. The number of anilines is 1. The first-order valence-corrected chi connectivity index (χ1v) is 11.4. The molecule has 4 aromatic rings. The molecular formula is C23H19ClN2O3S. The number of benzene rings is 3. The lowest BCUT2D eigenvalue weighted by atomic mass is 10.2. The molecule has 1 amide bonds. The minimum Gasteiger partial charge on any atom is -0.342 e. The van der Waals surface area contributed by atoms with Crippen molar-refractivity contribution in [3.8, 4) is 0 Å². The Hall–Kier alpha value is -3.09. The molecule has 0 saturated heterocycles. The number of para-hydroxylation sites is 2. The molecular weight excluding hydrogens is 420 g/mol. The van der Waals surface area contributed by atoms with Crippen LogP contribution < -0.4 is 5.32 Å². The number of rotatable bonds is 6. The number of nitrogens with one attached hydrogen (secondary N) is 1. The Labute approximate surface area is 179 Å². The van der Waals surface area contributed by atoms with E-state index >= 15 is 0 Å². The molecule has 0 atom stereocenters. The fraction of sp³-hybridized carbons (Fsp3) is 0.0870. The molecule has 0 aliphatic heterocycles. The van der Waals surface area contributed by atoms with Gasteiger partial charge >= 0.3 is 0 Å². The first kappa shape index (κ1) is 20.2. The van der Waals surface area contributed by atoms with E-state index in [1.807, 2.05) is 41.0 Å². The minimum absolute atomic E-state index is 0.133. The average Bonchev–Trinajstić information content (AvgIpc) is 3.10. The maximum absolute atomic E-state index is 13.1. The van der Waals surface area contributed by atoms with Gasteiger partial charge in [-0.05, 0) is 29.8 Å². The van der Waals surface area contributed by atoms with Gasteiger partial charge in [-0.15, -0.1) is 0 Å². The lowest BCUT2D eigenvalue weighted by Crippen LogP contribution is -2.22. The maximum Gasteiger partial charge on any atom is 0.239 e. The molecule has 0 aliphatic carbocycles. The number of sulfone groups is 1. The molecule has 1 aromatic heterocycles. The highest BCUT2D eigenvalue weighted by atomic mass is 35.5. The van der Waals surface area contributed by atoms with Gasteiger partial charge in [0.25, 0.3) is 0 Å². The van der Waals surface area contributed by atoms with E-state index in [0.29, 0.717) is 22.6 Å². The monoisotopic (exact) mass is 438 g/mol. The number of hydrogen-bond acceptors (Lipinski definition) is 3. The summed E-state index contributed by atoms with van der Waals surface area (Å²) in [5, 5.41) is 3.82. The van der Waals surface area contributed by atoms with E-state index in [1.165, 1.54) is 0 Å². The zero-order chi connectivity index (χ0) is 21.1. The summed E-state index contributed by atoms with van der Waals surface area (Å²) in [4.78, 5) is 12.5. The zero-order valence-corrected chi connectivity index (χ0v) is 17.5. The minimum atomic E-state index is -3.85. The molecule has 0 spiro atoms. The first-order valence-electron chi connectivity index (χ1n) is 9.33. The molecule has 7 heteroatoms. The molecule has 1 N–H and O–H groups in total. The van der Waals surface area contributed by atoms with E-state index in [9.17, 15) is 13.2 Å². The highest BCUT2D eigenvalue weighted by Crippen LogP contribution is 2.28. The van der Waals surface area contributed by atoms with Crippen LogP contribution in [0.1, 0.15) is 5.56 Å². The molecule has 152 valence electrons. The Kier molecular flexibility index (Phi) is 5.61. The van der Waals surface area contributed by atoms with E-state index < -0.39 is 21.5 Å². The molecule has 30 heavy (non-hydrogen) atoms. The van der Waals surface area contributed by atoms with E-state index in [4.69, 9.17) is 11.6 Å². The van der Waals surface area contributed by atoms with Gasteiger partial charge in [0.2, 0.25) is 5.91 Å². The molecule has 3 aromatic carbocycles. The third kappa shape index (κ3) is 4.25. The van der Waals surface area contributed by atoms with E-state index in [-0.39, 0.29) is 4.90 Å². The number of fused-ring (bicyclic) bond motifs is 1. The summed E-state index contributed by atoms with van der Waals surface area (Å²) >= 11 is 6.28. The Bertz CT molecular complexity index is 1310. The summed E-state index contributed by atoms with van der Waals surface area (Å²) in [5.74, 6) is -1.22. The Morgan fingerprint density at radius 1 is 0.900 bits per heavy atom. The fourth-order valence-electron chi connectivity index (χ4n) is 3.37. The number of carbonyl (C=O) groups excluding carboxylic acids is 1. The molecule has 0 unspecified atom stereocenters. The van der Waals surface area contributed by atoms with Crippen molar-refractivity contribution < 1.29 is 13.2 Å². The molecule has 0 aliphatic rings. The molecule has 4 rings (SSSR count). The van der Waals surface area contributed by atoms with Gasteiger partial charge < -0.3 is 9.88 Å². The third-order valence-electron chi connectivity index (χ3n) is 4.76. The quantitative estimate of drug-likeness (QED) is 0.472. The predicted molar refractivity (Wildman–Crippen MR) is 120 cm³/mol. The van der Waals surface area contributed by atoms with Crippen LogP contribution in [-0.4, -0.2) is 24.6 Å². The topological polar surface area (TPSA) is 68.2 Å². The first-order chi connectivity index (χ1) is 14.4. The highest BCUT2D eigenvalue weighted by molar-refractivity contribution is 7.92. The van der Waals surface area contributed by atoms with Gasteiger partial charge in [-0.25, -0.2) is 8.42 Å². The van der Waals surface area contributed by atoms with Crippen molar-refractivity contribution in [1.82, 2.24) is 4.57 Å². The van der Waals surface area contributed by atoms with Gasteiger partial charge in [0.1, 0.15) is 5.75 Å². The van der Waals surface area contributed by atoms with Crippen molar-refractivity contribution in [2.75, 3.05) is 11.1 Å². The molecule has 0 bridgehead atoms. The summed E-state index contributed by atoms with van der Waals surface area (Å²) in [6, 6.07) is 23.5. The van der Waals surface area contributed by atoms with Crippen LogP contribution in [-0.2, 0) is 21.2 Å². The van der Waals surface area contributed by atoms with Crippen LogP contribution in [0.2, 0.25) is 5.02 Å². The highest BCUT2D eigenvalue weighted by Gasteiger charge is 2.24. The molecule has 0 fully saturated rings.